The van der Waals surface area contributed by atoms with Gasteiger partial charge in [-0.2, -0.15) is 21.6 Å². The lowest BCUT2D eigenvalue weighted by molar-refractivity contribution is -0.146. The minimum absolute atomic E-state index is 0.0483. The molecule has 0 fully saturated rings. The molecule has 0 saturated carbocycles. The van der Waals surface area contributed by atoms with Crippen LogP contribution in [0.25, 0.3) is 5.76 Å². The predicted molar refractivity (Wildman–Crippen MR) is 85.7 cm³/mol. The Kier molecular flexibility index (Phi) is 5.27. The molecule has 0 radical (unpaired) electrons. The number of fused-ring (bicyclic) bond motifs is 1. The van der Waals surface area contributed by atoms with Gasteiger partial charge in [-0.1, -0.05) is 6.07 Å². The van der Waals surface area contributed by atoms with Crippen LogP contribution in [0.4, 0.5) is 13.2 Å². The van der Waals surface area contributed by atoms with Gasteiger partial charge in [0.1, 0.15) is 11.5 Å². The standard InChI is InChI=1S/C16H17F3O6S/c1-15(2,14(20)21)9-10-5-6-11-12(4-3-7-24-13(11)8-10)25-26(22,23)16(17,18)19/h4-6,8H,3,7,9H2,1-2H3,(H,20,21). The van der Waals surface area contributed by atoms with Crippen molar-refractivity contribution in [1.82, 2.24) is 0 Å². The fraction of sp³-hybridized carbons (Fsp3) is 0.438. The molecule has 144 valence electrons. The number of hydrogen-bond acceptors (Lipinski definition) is 5. The summed E-state index contributed by atoms with van der Waals surface area (Å²) in [4.78, 5) is 11.2. The maximum atomic E-state index is 12.6. The van der Waals surface area contributed by atoms with E-state index >= 15 is 0 Å². The maximum Gasteiger partial charge on any atom is 0.534 e. The van der Waals surface area contributed by atoms with E-state index in [1.165, 1.54) is 38.1 Å². The molecule has 2 rings (SSSR count). The zero-order valence-electron chi connectivity index (χ0n) is 14.0. The summed E-state index contributed by atoms with van der Waals surface area (Å²) in [5.41, 5.74) is -5.98. The highest BCUT2D eigenvalue weighted by Gasteiger charge is 2.49. The summed E-state index contributed by atoms with van der Waals surface area (Å²) < 4.78 is 70.0. The van der Waals surface area contributed by atoms with Crippen molar-refractivity contribution >= 4 is 21.8 Å². The van der Waals surface area contributed by atoms with Crippen LogP contribution in [0.5, 0.6) is 5.75 Å². The molecule has 1 N–H and O–H groups in total. The summed E-state index contributed by atoms with van der Waals surface area (Å²) in [6.07, 6.45) is 1.50. The van der Waals surface area contributed by atoms with E-state index in [1.54, 1.807) is 0 Å². The molecule has 0 unspecified atom stereocenters. The summed E-state index contributed by atoms with van der Waals surface area (Å²) in [7, 11) is -5.81. The number of halogens is 3. The van der Waals surface area contributed by atoms with Gasteiger partial charge in [-0.3, -0.25) is 4.79 Å². The number of alkyl halides is 3. The van der Waals surface area contributed by atoms with Crippen LogP contribution in [0, 0.1) is 5.41 Å². The Morgan fingerprint density at radius 1 is 1.31 bits per heavy atom. The summed E-state index contributed by atoms with van der Waals surface area (Å²) in [5, 5.41) is 9.20. The van der Waals surface area contributed by atoms with E-state index in [9.17, 15) is 31.5 Å². The molecule has 6 nitrogen and oxygen atoms in total. The normalized spacial score (nSPS) is 15.3. The third-order valence-corrected chi connectivity index (χ3v) is 4.69. The van der Waals surface area contributed by atoms with Crippen LogP contribution >= 0.6 is 0 Å². The highest BCUT2D eigenvalue weighted by atomic mass is 32.2. The lowest BCUT2D eigenvalue weighted by atomic mass is 9.85. The van der Waals surface area contributed by atoms with Crippen molar-refractivity contribution in [1.29, 1.82) is 0 Å². The molecule has 10 heteroatoms. The van der Waals surface area contributed by atoms with Crippen molar-refractivity contribution in [2.75, 3.05) is 6.61 Å². The Bertz CT molecular complexity index is 840. The molecule has 26 heavy (non-hydrogen) atoms. The lowest BCUT2D eigenvalue weighted by Gasteiger charge is -2.20. The molecular formula is C16H17F3O6S. The molecule has 1 aromatic rings. The third kappa shape index (κ3) is 4.29. The second-order valence-electron chi connectivity index (χ2n) is 6.39. The van der Waals surface area contributed by atoms with Gasteiger partial charge in [-0.05, 0) is 44.0 Å². The van der Waals surface area contributed by atoms with Crippen molar-refractivity contribution in [2.45, 2.75) is 32.2 Å². The fourth-order valence-corrected chi connectivity index (χ4v) is 2.79. The van der Waals surface area contributed by atoms with E-state index in [0.717, 1.165) is 0 Å². The first-order valence-corrected chi connectivity index (χ1v) is 8.95. The highest BCUT2D eigenvalue weighted by molar-refractivity contribution is 7.87. The van der Waals surface area contributed by atoms with Crippen molar-refractivity contribution < 1.29 is 40.4 Å². The van der Waals surface area contributed by atoms with E-state index < -0.39 is 32.8 Å². The van der Waals surface area contributed by atoms with Gasteiger partial charge in [0.25, 0.3) is 0 Å². The van der Waals surface area contributed by atoms with Gasteiger partial charge in [0.2, 0.25) is 0 Å². The van der Waals surface area contributed by atoms with Gasteiger partial charge in [-0.25, -0.2) is 0 Å². The number of benzene rings is 1. The number of hydrogen-bond donors (Lipinski definition) is 1. The first-order chi connectivity index (χ1) is 11.8. The largest absolute Gasteiger partial charge is 0.534 e. The Balaban J connectivity index is 2.37. The monoisotopic (exact) mass is 394 g/mol. The van der Waals surface area contributed by atoms with Crippen molar-refractivity contribution in [3.63, 3.8) is 0 Å². The molecule has 0 saturated heterocycles. The molecule has 0 spiro atoms. The average molecular weight is 394 g/mol. The Morgan fingerprint density at radius 2 is 1.96 bits per heavy atom. The molecule has 1 aliphatic rings. The van der Waals surface area contributed by atoms with Crippen LogP contribution in [0.15, 0.2) is 24.3 Å². The van der Waals surface area contributed by atoms with E-state index in [1.807, 2.05) is 0 Å². The molecule has 0 aliphatic carbocycles. The predicted octanol–water partition coefficient (Wildman–Crippen LogP) is 3.33. The number of carboxylic acids is 1. The summed E-state index contributed by atoms with van der Waals surface area (Å²) in [6, 6.07) is 4.32. The van der Waals surface area contributed by atoms with Gasteiger partial charge in [-0.15, -0.1) is 0 Å². The Labute approximate surface area is 148 Å². The summed E-state index contributed by atoms with van der Waals surface area (Å²) >= 11 is 0. The molecule has 1 aliphatic heterocycles. The number of carboxylic acid groups (broad SMARTS) is 1. The van der Waals surface area contributed by atoms with Crippen molar-refractivity contribution in [2.24, 2.45) is 5.41 Å². The van der Waals surface area contributed by atoms with Gasteiger partial charge in [0.15, 0.2) is 0 Å². The van der Waals surface area contributed by atoms with Crippen LogP contribution in [0.3, 0.4) is 0 Å². The first kappa shape index (κ1) is 20.1. The van der Waals surface area contributed by atoms with Gasteiger partial charge in [0.05, 0.1) is 17.6 Å². The fourth-order valence-electron chi connectivity index (χ4n) is 2.30. The van der Waals surface area contributed by atoms with Crippen LogP contribution in [-0.4, -0.2) is 31.6 Å². The van der Waals surface area contributed by atoms with Gasteiger partial charge in [0, 0.05) is 6.42 Å². The number of ether oxygens (including phenoxy) is 1. The van der Waals surface area contributed by atoms with E-state index in [-0.39, 0.29) is 30.8 Å². The SMILES string of the molecule is CC(C)(Cc1ccc2c(c1)OCCC=C2OS(=O)(=O)C(F)(F)F)C(=O)O. The van der Waals surface area contributed by atoms with E-state index in [2.05, 4.69) is 4.18 Å². The molecule has 0 bridgehead atoms. The van der Waals surface area contributed by atoms with Crippen LogP contribution < -0.4 is 4.74 Å². The Morgan fingerprint density at radius 3 is 2.54 bits per heavy atom. The second-order valence-corrected chi connectivity index (χ2v) is 7.92. The first-order valence-electron chi connectivity index (χ1n) is 7.54. The summed E-state index contributed by atoms with van der Waals surface area (Å²) in [6.45, 7) is 3.18. The van der Waals surface area contributed by atoms with Crippen LogP contribution in [0.2, 0.25) is 0 Å². The smallest absolute Gasteiger partial charge is 0.492 e. The number of carbonyl (C=O) groups is 1. The molecule has 0 atom stereocenters. The zero-order valence-corrected chi connectivity index (χ0v) is 14.8. The molecular weight excluding hydrogens is 377 g/mol. The Hall–Kier alpha value is -2.23. The van der Waals surface area contributed by atoms with E-state index in [4.69, 9.17) is 4.74 Å². The second kappa shape index (κ2) is 6.82. The molecule has 1 heterocycles. The van der Waals surface area contributed by atoms with Crippen LogP contribution in [0.1, 0.15) is 31.4 Å². The zero-order chi connectivity index (χ0) is 19.8. The van der Waals surface area contributed by atoms with Crippen molar-refractivity contribution in [3.8, 4) is 5.75 Å². The summed E-state index contributed by atoms with van der Waals surface area (Å²) in [5.74, 6) is -1.35. The topological polar surface area (TPSA) is 89.9 Å². The van der Waals surface area contributed by atoms with Crippen LogP contribution in [-0.2, 0) is 25.5 Å². The minimum atomic E-state index is -5.81. The van der Waals surface area contributed by atoms with Gasteiger partial charge < -0.3 is 14.0 Å². The highest BCUT2D eigenvalue weighted by Crippen LogP contribution is 2.36. The quantitative estimate of drug-likeness (QED) is 0.609. The molecule has 1 aromatic carbocycles. The van der Waals surface area contributed by atoms with E-state index in [0.29, 0.717) is 5.56 Å². The maximum absolute atomic E-state index is 12.6. The third-order valence-electron chi connectivity index (χ3n) is 3.72. The lowest BCUT2D eigenvalue weighted by Crippen LogP contribution is -2.26. The van der Waals surface area contributed by atoms with Crippen molar-refractivity contribution in [3.05, 3.63) is 35.4 Å². The molecule has 0 amide bonds. The average Bonchev–Trinajstić information content (AvgIpc) is 2.67. The number of aliphatic carboxylic acids is 1. The minimum Gasteiger partial charge on any atom is -0.492 e. The number of rotatable bonds is 5. The molecule has 0 aromatic heterocycles. The van der Waals surface area contributed by atoms with Gasteiger partial charge >= 0.3 is 21.6 Å².